The van der Waals surface area contributed by atoms with Crippen LogP contribution in [0.4, 0.5) is 4.79 Å². The smallest absolute Gasteiger partial charge is 0.408 e. The van der Waals surface area contributed by atoms with Crippen LogP contribution in [0.25, 0.3) is 0 Å². The molecular weight excluding hydrogens is 314 g/mol. The summed E-state index contributed by atoms with van der Waals surface area (Å²) < 4.78 is 5.45. The predicted molar refractivity (Wildman–Crippen MR) is 99.5 cm³/mol. The second-order valence-corrected chi connectivity index (χ2v) is 8.34. The Morgan fingerprint density at radius 1 is 1.24 bits per heavy atom. The molecule has 2 heterocycles. The fourth-order valence-electron chi connectivity index (χ4n) is 3.90. The highest BCUT2D eigenvalue weighted by atomic mass is 16.6. The molecule has 2 aliphatic rings. The fraction of sp³-hybridized carbons (Fsp3) is 0.650. The lowest BCUT2D eigenvalue weighted by Crippen LogP contribution is -2.36. The summed E-state index contributed by atoms with van der Waals surface area (Å²) in [4.78, 5) is 14.8. The lowest BCUT2D eigenvalue weighted by molar-refractivity contribution is 0.0498. The number of nitrogens with one attached hydrogen (secondary N) is 2. The van der Waals surface area contributed by atoms with Crippen molar-refractivity contribution in [2.75, 3.05) is 32.7 Å². The molecule has 0 spiro atoms. The molecule has 2 fully saturated rings. The molecule has 0 bridgehead atoms. The number of benzene rings is 1. The van der Waals surface area contributed by atoms with E-state index in [1.165, 1.54) is 13.1 Å². The molecule has 2 unspecified atom stereocenters. The van der Waals surface area contributed by atoms with E-state index in [1.807, 2.05) is 39.0 Å². The number of rotatable bonds is 5. The third-order valence-electron chi connectivity index (χ3n) is 5.09. The van der Waals surface area contributed by atoms with Gasteiger partial charge in [-0.2, -0.15) is 0 Å². The fourth-order valence-corrected chi connectivity index (χ4v) is 3.90. The zero-order chi connectivity index (χ0) is 17.9. The van der Waals surface area contributed by atoms with E-state index in [1.54, 1.807) is 0 Å². The normalized spacial score (nSPS) is 24.8. The van der Waals surface area contributed by atoms with Crippen LogP contribution in [0, 0.1) is 11.8 Å². The maximum atomic E-state index is 12.2. The van der Waals surface area contributed by atoms with Crippen LogP contribution in [-0.2, 0) is 4.74 Å². The molecule has 3 atom stereocenters. The first-order chi connectivity index (χ1) is 11.9. The van der Waals surface area contributed by atoms with Crippen molar-refractivity contribution in [3.05, 3.63) is 35.9 Å². The Kier molecular flexibility index (Phi) is 5.64. The van der Waals surface area contributed by atoms with Crippen LogP contribution < -0.4 is 10.6 Å². The summed E-state index contributed by atoms with van der Waals surface area (Å²) in [6.45, 7) is 11.3. The van der Waals surface area contributed by atoms with Crippen molar-refractivity contribution in [3.8, 4) is 0 Å². The first kappa shape index (κ1) is 18.2. The molecule has 1 aromatic carbocycles. The van der Waals surface area contributed by atoms with Crippen LogP contribution >= 0.6 is 0 Å². The second-order valence-electron chi connectivity index (χ2n) is 8.34. The minimum Gasteiger partial charge on any atom is -0.444 e. The Morgan fingerprint density at radius 2 is 1.88 bits per heavy atom. The summed E-state index contributed by atoms with van der Waals surface area (Å²) in [6.07, 6.45) is 0.555. The number of carbonyl (C=O) groups is 1. The SMILES string of the molecule is CC(C)(C)OC(=O)N[C@@H](CCN1CC2CNCC2C1)c1ccccc1. The van der Waals surface area contributed by atoms with Crippen molar-refractivity contribution in [1.29, 1.82) is 0 Å². The van der Waals surface area contributed by atoms with Gasteiger partial charge in [-0.15, -0.1) is 0 Å². The van der Waals surface area contributed by atoms with Crippen molar-refractivity contribution in [2.24, 2.45) is 11.8 Å². The number of alkyl carbamates (subject to hydrolysis) is 1. The maximum absolute atomic E-state index is 12.2. The summed E-state index contributed by atoms with van der Waals surface area (Å²) in [5.41, 5.74) is 0.652. The van der Waals surface area contributed by atoms with E-state index in [0.29, 0.717) is 0 Å². The number of ether oxygens (including phenoxy) is 1. The molecule has 3 rings (SSSR count). The van der Waals surface area contributed by atoms with Gasteiger partial charge >= 0.3 is 6.09 Å². The summed E-state index contributed by atoms with van der Waals surface area (Å²) in [6, 6.07) is 10.2. The third-order valence-corrected chi connectivity index (χ3v) is 5.09. The van der Waals surface area contributed by atoms with Gasteiger partial charge in [0.2, 0.25) is 0 Å². The van der Waals surface area contributed by atoms with Gasteiger partial charge in [-0.3, -0.25) is 0 Å². The van der Waals surface area contributed by atoms with E-state index < -0.39 is 5.60 Å². The summed E-state index contributed by atoms with van der Waals surface area (Å²) in [7, 11) is 0. The van der Waals surface area contributed by atoms with E-state index in [4.69, 9.17) is 4.74 Å². The summed E-state index contributed by atoms with van der Waals surface area (Å²) in [5.74, 6) is 1.60. The van der Waals surface area contributed by atoms with Gasteiger partial charge in [0.15, 0.2) is 0 Å². The van der Waals surface area contributed by atoms with Gasteiger partial charge in [0, 0.05) is 19.6 Å². The van der Waals surface area contributed by atoms with Crippen LogP contribution in [0.2, 0.25) is 0 Å². The first-order valence-corrected chi connectivity index (χ1v) is 9.38. The van der Waals surface area contributed by atoms with E-state index in [0.717, 1.165) is 43.5 Å². The van der Waals surface area contributed by atoms with Crippen LogP contribution in [0.1, 0.15) is 38.8 Å². The highest BCUT2D eigenvalue weighted by Gasteiger charge is 2.36. The van der Waals surface area contributed by atoms with Crippen molar-refractivity contribution in [3.63, 3.8) is 0 Å². The minimum atomic E-state index is -0.481. The van der Waals surface area contributed by atoms with Crippen molar-refractivity contribution in [1.82, 2.24) is 15.5 Å². The highest BCUT2D eigenvalue weighted by Crippen LogP contribution is 2.27. The molecule has 0 aliphatic carbocycles. The van der Waals surface area contributed by atoms with Gasteiger partial charge in [0.1, 0.15) is 5.60 Å². The van der Waals surface area contributed by atoms with Gasteiger partial charge in [-0.25, -0.2) is 4.79 Å². The number of likely N-dealkylation sites (tertiary alicyclic amines) is 1. The molecule has 25 heavy (non-hydrogen) atoms. The Bertz CT molecular complexity index is 558. The quantitative estimate of drug-likeness (QED) is 0.862. The van der Waals surface area contributed by atoms with Gasteiger partial charge in [0.25, 0.3) is 0 Å². The first-order valence-electron chi connectivity index (χ1n) is 9.38. The van der Waals surface area contributed by atoms with Crippen molar-refractivity contribution >= 4 is 6.09 Å². The Balaban J connectivity index is 1.58. The molecule has 1 aromatic rings. The molecule has 5 nitrogen and oxygen atoms in total. The number of carbonyl (C=O) groups excluding carboxylic acids is 1. The van der Waals surface area contributed by atoms with Crippen LogP contribution in [0.3, 0.4) is 0 Å². The lowest BCUT2D eigenvalue weighted by atomic mass is 10.0. The largest absolute Gasteiger partial charge is 0.444 e. The minimum absolute atomic E-state index is 0.0189. The Labute approximate surface area is 151 Å². The molecule has 138 valence electrons. The molecule has 2 aliphatic heterocycles. The summed E-state index contributed by atoms with van der Waals surface area (Å²) in [5, 5.41) is 6.55. The Hall–Kier alpha value is -1.59. The summed E-state index contributed by atoms with van der Waals surface area (Å²) >= 11 is 0. The number of hydrogen-bond donors (Lipinski definition) is 2. The van der Waals surface area contributed by atoms with E-state index in [-0.39, 0.29) is 12.1 Å². The van der Waals surface area contributed by atoms with Gasteiger partial charge in [0.05, 0.1) is 6.04 Å². The molecular formula is C20H31N3O2. The average Bonchev–Trinajstić information content (AvgIpc) is 3.11. The second kappa shape index (κ2) is 7.75. The number of hydrogen-bond acceptors (Lipinski definition) is 4. The van der Waals surface area contributed by atoms with Crippen LogP contribution in [0.15, 0.2) is 30.3 Å². The Morgan fingerprint density at radius 3 is 2.48 bits per heavy atom. The zero-order valence-corrected chi connectivity index (χ0v) is 15.6. The van der Waals surface area contributed by atoms with Crippen molar-refractivity contribution in [2.45, 2.75) is 38.8 Å². The molecule has 2 N–H and O–H groups in total. The predicted octanol–water partition coefficient (Wildman–Crippen LogP) is 2.79. The van der Waals surface area contributed by atoms with Gasteiger partial charge in [-0.05, 0) is 57.7 Å². The molecule has 2 saturated heterocycles. The van der Waals surface area contributed by atoms with Gasteiger partial charge < -0.3 is 20.3 Å². The van der Waals surface area contributed by atoms with Crippen LogP contribution in [0.5, 0.6) is 0 Å². The average molecular weight is 345 g/mol. The number of nitrogens with zero attached hydrogens (tertiary/aromatic N) is 1. The monoisotopic (exact) mass is 345 g/mol. The molecule has 0 aromatic heterocycles. The van der Waals surface area contributed by atoms with Crippen LogP contribution in [-0.4, -0.2) is 49.3 Å². The molecule has 5 heteroatoms. The standard InChI is InChI=1S/C20H31N3O2/c1-20(2,3)25-19(24)22-18(15-7-5-4-6-8-15)9-10-23-13-16-11-21-12-17(16)14-23/h4-8,16-18,21H,9-14H2,1-3H3,(H,22,24)/t16?,17?,18-/m0/s1. The number of amides is 1. The van der Waals surface area contributed by atoms with Crippen molar-refractivity contribution < 1.29 is 9.53 Å². The van der Waals surface area contributed by atoms with Gasteiger partial charge in [-0.1, -0.05) is 30.3 Å². The third kappa shape index (κ3) is 5.19. The molecule has 1 amide bonds. The zero-order valence-electron chi connectivity index (χ0n) is 15.6. The highest BCUT2D eigenvalue weighted by molar-refractivity contribution is 5.68. The van der Waals surface area contributed by atoms with E-state index in [2.05, 4.69) is 27.7 Å². The molecule has 0 saturated carbocycles. The topological polar surface area (TPSA) is 53.6 Å². The molecule has 0 radical (unpaired) electrons. The van der Waals surface area contributed by atoms with E-state index in [9.17, 15) is 4.79 Å². The van der Waals surface area contributed by atoms with E-state index >= 15 is 0 Å². The maximum Gasteiger partial charge on any atom is 0.408 e. The lowest BCUT2D eigenvalue weighted by Gasteiger charge is -2.26. The number of fused-ring (bicyclic) bond motifs is 1.